The highest BCUT2D eigenvalue weighted by molar-refractivity contribution is 4.98. The van der Waals surface area contributed by atoms with Crippen LogP contribution in [0.2, 0.25) is 0 Å². The summed E-state index contributed by atoms with van der Waals surface area (Å²) in [6, 6.07) is 0. The van der Waals surface area contributed by atoms with Gasteiger partial charge in [0.2, 0.25) is 0 Å². The number of hydrogen-bond acceptors (Lipinski definition) is 26. The topological polar surface area (TPSA) is 427 Å². The molecule has 5 aliphatic heterocycles. The van der Waals surface area contributed by atoms with Gasteiger partial charge >= 0.3 is 0 Å². The lowest BCUT2D eigenvalue weighted by atomic mass is 9.96. The van der Waals surface area contributed by atoms with Crippen molar-refractivity contribution >= 4 is 0 Å². The Morgan fingerprint density at radius 3 is 1.05 bits per heavy atom. The van der Waals surface area contributed by atoms with Crippen LogP contribution in [0.25, 0.3) is 0 Å². The van der Waals surface area contributed by atoms with E-state index in [0.29, 0.717) is 0 Å². The monoisotopic (exact) mass is 828 g/mol. The van der Waals surface area contributed by atoms with Crippen LogP contribution < -0.4 is 0 Å². The maximum atomic E-state index is 11.3. The lowest BCUT2D eigenvalue weighted by Crippen LogP contribution is -2.67. The first-order valence-corrected chi connectivity index (χ1v) is 17.6. The van der Waals surface area contributed by atoms with E-state index in [1.165, 1.54) is 0 Å². The number of aliphatic hydroxyl groups is 17. The predicted molar refractivity (Wildman–Crippen MR) is 167 cm³/mol. The Morgan fingerprint density at radius 2 is 0.625 bits per heavy atom. The smallest absolute Gasteiger partial charge is 0.187 e. The molecule has 17 N–H and O–H groups in total. The van der Waals surface area contributed by atoms with Crippen LogP contribution in [-0.2, 0) is 42.6 Å². The van der Waals surface area contributed by atoms with Crippen LogP contribution >= 0.6 is 0 Å². The molecule has 1 unspecified atom stereocenters. The maximum absolute atomic E-state index is 11.3. The van der Waals surface area contributed by atoms with Gasteiger partial charge < -0.3 is 129 Å². The lowest BCUT2D eigenvalue weighted by Gasteiger charge is -2.48. The van der Waals surface area contributed by atoms with E-state index in [1.807, 2.05) is 0 Å². The number of aliphatic hydroxyl groups excluding tert-OH is 17. The van der Waals surface area contributed by atoms with Gasteiger partial charge in [-0.15, -0.1) is 0 Å². The van der Waals surface area contributed by atoms with Crippen molar-refractivity contribution in [1.82, 2.24) is 0 Å². The van der Waals surface area contributed by atoms with Crippen LogP contribution in [0.15, 0.2) is 0 Å². The van der Waals surface area contributed by atoms with Crippen LogP contribution in [0.1, 0.15) is 0 Å². The number of ether oxygens (including phenoxy) is 9. The molecule has 0 aromatic rings. The number of rotatable bonds is 13. The summed E-state index contributed by atoms with van der Waals surface area (Å²) < 4.78 is 49.5. The molecule has 5 rings (SSSR count). The highest BCUT2D eigenvalue weighted by Gasteiger charge is 2.55. The maximum Gasteiger partial charge on any atom is 0.187 e. The lowest BCUT2D eigenvalue weighted by molar-refractivity contribution is -0.386. The van der Waals surface area contributed by atoms with Gasteiger partial charge in [0.15, 0.2) is 31.5 Å². The molecule has 328 valence electrons. The summed E-state index contributed by atoms with van der Waals surface area (Å²) in [7, 11) is 0. The summed E-state index contributed by atoms with van der Waals surface area (Å²) in [5.74, 6) is 0. The van der Waals surface area contributed by atoms with Crippen molar-refractivity contribution in [2.75, 3.05) is 33.0 Å². The molecule has 0 bridgehead atoms. The van der Waals surface area contributed by atoms with Gasteiger partial charge in [0.1, 0.15) is 122 Å². The quantitative estimate of drug-likeness (QED) is 0.0819. The second-order valence-electron chi connectivity index (χ2n) is 14.0. The summed E-state index contributed by atoms with van der Waals surface area (Å²) in [5.41, 5.74) is 0. The van der Waals surface area contributed by atoms with Crippen LogP contribution in [0.4, 0.5) is 0 Å². The van der Waals surface area contributed by atoms with Crippen molar-refractivity contribution in [2.24, 2.45) is 0 Å². The molecule has 5 aliphatic rings. The fraction of sp³-hybridized carbons (Fsp3) is 1.00. The fourth-order valence-electron chi connectivity index (χ4n) is 6.93. The summed E-state index contributed by atoms with van der Waals surface area (Å²) in [6.45, 7) is -4.39. The first kappa shape index (κ1) is 46.0. The van der Waals surface area contributed by atoms with Crippen LogP contribution in [0.5, 0.6) is 0 Å². The molecule has 0 aliphatic carbocycles. The molecule has 5 fully saturated rings. The Labute approximate surface area is 316 Å². The average Bonchev–Trinajstić information content (AvgIpc) is 3.19. The van der Waals surface area contributed by atoms with Gasteiger partial charge in [-0.1, -0.05) is 0 Å². The zero-order valence-electron chi connectivity index (χ0n) is 29.2. The SMILES string of the molecule is OC[C@H]1O[C@H](O[C@H]2[C@H](O)[C@@H](O)[C@@H](OC[C@H]3O[C@H](O[C@H]4[C@H](O)[C@@H](O)C(O)O[C@@H]4CO)[C@H](O)[C@@H](O)[C@@H]3O[C@H]3O[C@H](CO)[C@@H](O)[C@H](O)[C@H]3O)O[C@@H]2CO)[C@H](O)[C@@H](O)[C@@H]1O. The van der Waals surface area contributed by atoms with Crippen molar-refractivity contribution in [2.45, 2.75) is 154 Å². The number of hydrogen-bond donors (Lipinski definition) is 17. The molecule has 56 heavy (non-hydrogen) atoms. The van der Waals surface area contributed by atoms with E-state index in [1.54, 1.807) is 0 Å². The Bertz CT molecular complexity index is 1200. The summed E-state index contributed by atoms with van der Waals surface area (Å²) in [4.78, 5) is 0. The van der Waals surface area contributed by atoms with E-state index < -0.39 is 187 Å². The van der Waals surface area contributed by atoms with E-state index >= 15 is 0 Å². The van der Waals surface area contributed by atoms with Crippen molar-refractivity contribution in [1.29, 1.82) is 0 Å². The van der Waals surface area contributed by atoms with Crippen molar-refractivity contribution in [3.63, 3.8) is 0 Å². The minimum absolute atomic E-state index is 0.819. The van der Waals surface area contributed by atoms with E-state index in [2.05, 4.69) is 0 Å². The molecule has 26 heteroatoms. The molecule has 26 nitrogen and oxygen atoms in total. The fourth-order valence-corrected chi connectivity index (χ4v) is 6.93. The molecule has 5 saturated heterocycles. The van der Waals surface area contributed by atoms with E-state index in [9.17, 15) is 86.8 Å². The van der Waals surface area contributed by atoms with E-state index in [4.69, 9.17) is 42.6 Å². The molecule has 0 saturated carbocycles. The Morgan fingerprint density at radius 1 is 0.304 bits per heavy atom. The minimum atomic E-state index is -2.13. The largest absolute Gasteiger partial charge is 0.394 e. The van der Waals surface area contributed by atoms with Gasteiger partial charge in [0.25, 0.3) is 0 Å². The molecular weight excluding hydrogens is 776 g/mol. The Balaban J connectivity index is 1.34. The molecular formula is C30H52O26. The highest BCUT2D eigenvalue weighted by atomic mass is 16.8. The molecule has 0 radical (unpaired) electrons. The predicted octanol–water partition coefficient (Wildman–Crippen LogP) is -11.9. The van der Waals surface area contributed by atoms with E-state index in [-0.39, 0.29) is 0 Å². The normalized spacial score (nSPS) is 53.2. The van der Waals surface area contributed by atoms with E-state index in [0.717, 1.165) is 0 Å². The van der Waals surface area contributed by atoms with Crippen LogP contribution in [-0.4, -0.2) is 273 Å². The Hall–Kier alpha value is -1.04. The zero-order chi connectivity index (χ0) is 41.3. The van der Waals surface area contributed by atoms with Gasteiger partial charge in [-0.3, -0.25) is 0 Å². The van der Waals surface area contributed by atoms with Crippen LogP contribution in [0, 0.1) is 0 Å². The molecule has 5 heterocycles. The zero-order valence-corrected chi connectivity index (χ0v) is 29.2. The average molecular weight is 829 g/mol. The molecule has 0 aromatic heterocycles. The molecule has 0 amide bonds. The first-order chi connectivity index (χ1) is 26.5. The van der Waals surface area contributed by atoms with Crippen molar-refractivity contribution < 1.29 is 129 Å². The Kier molecular flexibility index (Phi) is 16.1. The van der Waals surface area contributed by atoms with Gasteiger partial charge in [0.05, 0.1) is 33.0 Å². The third-order valence-electron chi connectivity index (χ3n) is 10.3. The second-order valence-corrected chi connectivity index (χ2v) is 14.0. The molecule has 25 atom stereocenters. The van der Waals surface area contributed by atoms with Crippen molar-refractivity contribution in [3.05, 3.63) is 0 Å². The van der Waals surface area contributed by atoms with Gasteiger partial charge in [-0.25, -0.2) is 0 Å². The standard InChI is InChI=1S/C30H52O26/c31-1-6-11(35)13(37)19(43)28(50-6)55-24-9(4-34)52-27(21(45)16(24)40)48-5-10-25(56-29-20(44)14(38)12(36)7(2-32)51-29)17(41)22(46)30(53-10)54-23-8(3-33)49-26(47)18(42)15(23)39/h6-47H,1-5H2/t6-,7-,8-,9-,10-,11-,12-,13+,14+,15-,16-,17-,18-,19-,20-,21-,22-,23-,24-,25-,26?,27+,28-,29-,30-/m1/s1. The third-order valence-corrected chi connectivity index (χ3v) is 10.3. The minimum Gasteiger partial charge on any atom is -0.394 e. The summed E-state index contributed by atoms with van der Waals surface area (Å²) >= 11 is 0. The third kappa shape index (κ3) is 9.31. The van der Waals surface area contributed by atoms with Gasteiger partial charge in [-0.2, -0.15) is 0 Å². The molecule has 0 spiro atoms. The van der Waals surface area contributed by atoms with Gasteiger partial charge in [-0.05, 0) is 0 Å². The molecule has 0 aromatic carbocycles. The highest BCUT2D eigenvalue weighted by Crippen LogP contribution is 2.34. The summed E-state index contributed by atoms with van der Waals surface area (Å²) in [5, 5.41) is 175. The first-order valence-electron chi connectivity index (χ1n) is 17.6. The van der Waals surface area contributed by atoms with Gasteiger partial charge in [0, 0.05) is 0 Å². The van der Waals surface area contributed by atoms with Crippen molar-refractivity contribution in [3.8, 4) is 0 Å². The van der Waals surface area contributed by atoms with Crippen LogP contribution in [0.3, 0.4) is 0 Å². The second kappa shape index (κ2) is 19.6. The summed E-state index contributed by atoms with van der Waals surface area (Å²) in [6.07, 6.45) is -46.2.